The third-order valence-corrected chi connectivity index (χ3v) is 3.85. The monoisotopic (exact) mass is 250 g/mol. The Kier molecular flexibility index (Phi) is 2.79. The van der Waals surface area contributed by atoms with Crippen LogP contribution in [0.2, 0.25) is 0 Å². The number of nitrogens with two attached hydrogens (primary N) is 1. The lowest BCUT2D eigenvalue weighted by molar-refractivity contribution is 0.801. The topological polar surface area (TPSA) is 30.9 Å². The van der Waals surface area contributed by atoms with E-state index in [1.165, 1.54) is 27.7 Å². The molecule has 0 saturated heterocycles. The zero-order chi connectivity index (χ0) is 13.4. The fourth-order valence-electron chi connectivity index (χ4n) is 2.64. The first kappa shape index (κ1) is 11.8. The van der Waals surface area contributed by atoms with E-state index in [2.05, 4.69) is 60.9 Å². The number of nitrogen functional groups attached to an aromatic ring is 1. The first-order chi connectivity index (χ1) is 9.16. The predicted molar refractivity (Wildman–Crippen MR) is 81.4 cm³/mol. The molecule has 0 aliphatic rings. The summed E-state index contributed by atoms with van der Waals surface area (Å²) in [5.74, 6) is 0. The quantitative estimate of drug-likeness (QED) is 0.687. The highest BCUT2D eigenvalue weighted by molar-refractivity contribution is 5.88. The number of hydrogen-bond donors (Lipinski definition) is 1. The van der Waals surface area contributed by atoms with Crippen LogP contribution < -0.4 is 5.73 Å². The fourth-order valence-corrected chi connectivity index (χ4v) is 2.64. The zero-order valence-electron chi connectivity index (χ0n) is 11.4. The Morgan fingerprint density at radius 2 is 1.74 bits per heavy atom. The summed E-state index contributed by atoms with van der Waals surface area (Å²) < 4.78 is 2.36. The molecular formula is C17H18N2. The molecule has 0 amide bonds. The van der Waals surface area contributed by atoms with Crippen molar-refractivity contribution in [3.63, 3.8) is 0 Å². The minimum Gasteiger partial charge on any atom is -0.399 e. The van der Waals surface area contributed by atoms with E-state index in [0.29, 0.717) is 0 Å². The molecule has 0 atom stereocenters. The lowest BCUT2D eigenvalue weighted by Crippen LogP contribution is -2.01. The van der Waals surface area contributed by atoms with Gasteiger partial charge in [0.05, 0.1) is 0 Å². The SMILES string of the molecule is Cc1c(C)n(Cc2ccccc2)c2ccc(N)cc12. The van der Waals surface area contributed by atoms with Gasteiger partial charge in [-0.1, -0.05) is 30.3 Å². The molecule has 2 aromatic carbocycles. The van der Waals surface area contributed by atoms with Gasteiger partial charge in [0.2, 0.25) is 0 Å². The van der Waals surface area contributed by atoms with Crippen LogP contribution in [0.25, 0.3) is 10.9 Å². The van der Waals surface area contributed by atoms with Crippen LogP contribution in [0.1, 0.15) is 16.8 Å². The van der Waals surface area contributed by atoms with Crippen molar-refractivity contribution >= 4 is 16.6 Å². The highest BCUT2D eigenvalue weighted by atomic mass is 15.0. The van der Waals surface area contributed by atoms with Crippen LogP contribution in [0, 0.1) is 13.8 Å². The third kappa shape index (κ3) is 1.99. The van der Waals surface area contributed by atoms with Crippen LogP contribution in [0.5, 0.6) is 0 Å². The van der Waals surface area contributed by atoms with Gasteiger partial charge in [0.1, 0.15) is 0 Å². The summed E-state index contributed by atoms with van der Waals surface area (Å²) in [6, 6.07) is 16.7. The lowest BCUT2D eigenvalue weighted by Gasteiger charge is -2.08. The van der Waals surface area contributed by atoms with Crippen LogP contribution >= 0.6 is 0 Å². The summed E-state index contributed by atoms with van der Waals surface area (Å²) in [5.41, 5.74) is 11.9. The summed E-state index contributed by atoms with van der Waals surface area (Å²) in [7, 11) is 0. The van der Waals surface area contributed by atoms with Crippen LogP contribution in [-0.4, -0.2) is 4.57 Å². The van der Waals surface area contributed by atoms with E-state index in [9.17, 15) is 0 Å². The van der Waals surface area contributed by atoms with Crippen LogP contribution in [0.15, 0.2) is 48.5 Å². The van der Waals surface area contributed by atoms with Gasteiger partial charge in [-0.25, -0.2) is 0 Å². The van der Waals surface area contributed by atoms with Crippen LogP contribution in [0.4, 0.5) is 5.69 Å². The minimum absolute atomic E-state index is 0.826. The van der Waals surface area contributed by atoms with E-state index in [-0.39, 0.29) is 0 Å². The van der Waals surface area contributed by atoms with Crippen molar-refractivity contribution in [1.82, 2.24) is 4.57 Å². The van der Waals surface area contributed by atoms with E-state index in [4.69, 9.17) is 5.73 Å². The normalized spacial score (nSPS) is 11.1. The Labute approximate surface area is 113 Å². The molecule has 1 heterocycles. The largest absolute Gasteiger partial charge is 0.399 e. The van der Waals surface area contributed by atoms with Crippen molar-refractivity contribution in [2.75, 3.05) is 5.73 Å². The van der Waals surface area contributed by atoms with Gasteiger partial charge in [-0.15, -0.1) is 0 Å². The number of benzene rings is 2. The first-order valence-electron chi connectivity index (χ1n) is 6.55. The number of nitrogens with zero attached hydrogens (tertiary/aromatic N) is 1. The lowest BCUT2D eigenvalue weighted by atomic mass is 10.1. The second-order valence-corrected chi connectivity index (χ2v) is 5.06. The molecule has 0 radical (unpaired) electrons. The number of aromatic nitrogens is 1. The molecular weight excluding hydrogens is 232 g/mol. The highest BCUT2D eigenvalue weighted by Crippen LogP contribution is 2.27. The molecule has 0 aliphatic carbocycles. The Bertz CT molecular complexity index is 724. The molecule has 96 valence electrons. The van der Waals surface area contributed by atoms with E-state index >= 15 is 0 Å². The number of fused-ring (bicyclic) bond motifs is 1. The number of anilines is 1. The molecule has 19 heavy (non-hydrogen) atoms. The molecule has 0 fully saturated rings. The second-order valence-electron chi connectivity index (χ2n) is 5.06. The standard InChI is InChI=1S/C17H18N2/c1-12-13(2)19(11-14-6-4-3-5-7-14)17-9-8-15(18)10-16(12)17/h3-10H,11,18H2,1-2H3. The maximum Gasteiger partial charge on any atom is 0.0489 e. The summed E-state index contributed by atoms with van der Waals surface area (Å²) in [6.07, 6.45) is 0. The van der Waals surface area contributed by atoms with Crippen LogP contribution in [0.3, 0.4) is 0 Å². The average molecular weight is 250 g/mol. The number of aryl methyl sites for hydroxylation is 1. The van der Waals surface area contributed by atoms with E-state index in [1.54, 1.807) is 0 Å². The van der Waals surface area contributed by atoms with Crippen molar-refractivity contribution in [2.24, 2.45) is 0 Å². The smallest absolute Gasteiger partial charge is 0.0489 e. The summed E-state index contributed by atoms with van der Waals surface area (Å²) in [5, 5.41) is 1.26. The van der Waals surface area contributed by atoms with Gasteiger partial charge in [0, 0.05) is 28.8 Å². The molecule has 2 nitrogen and oxygen atoms in total. The van der Waals surface area contributed by atoms with Crippen molar-refractivity contribution < 1.29 is 0 Å². The molecule has 1 aromatic heterocycles. The maximum atomic E-state index is 5.90. The summed E-state index contributed by atoms with van der Waals surface area (Å²) in [4.78, 5) is 0. The number of rotatable bonds is 2. The van der Waals surface area contributed by atoms with Gasteiger partial charge in [0.15, 0.2) is 0 Å². The summed E-state index contributed by atoms with van der Waals surface area (Å²) in [6.45, 7) is 5.24. The van der Waals surface area contributed by atoms with Gasteiger partial charge in [-0.3, -0.25) is 0 Å². The molecule has 3 rings (SSSR count). The van der Waals surface area contributed by atoms with Crippen molar-refractivity contribution in [1.29, 1.82) is 0 Å². The van der Waals surface area contributed by atoms with Gasteiger partial charge >= 0.3 is 0 Å². The molecule has 3 aromatic rings. The van der Waals surface area contributed by atoms with E-state index in [1.807, 2.05) is 6.07 Å². The maximum absolute atomic E-state index is 5.90. The second kappa shape index (κ2) is 4.47. The Balaban J connectivity index is 2.16. The van der Waals surface area contributed by atoms with Gasteiger partial charge in [-0.2, -0.15) is 0 Å². The highest BCUT2D eigenvalue weighted by Gasteiger charge is 2.11. The summed E-state index contributed by atoms with van der Waals surface area (Å²) >= 11 is 0. The van der Waals surface area contributed by atoms with Crippen molar-refractivity contribution in [2.45, 2.75) is 20.4 Å². The van der Waals surface area contributed by atoms with Crippen molar-refractivity contribution in [3.8, 4) is 0 Å². The molecule has 2 N–H and O–H groups in total. The molecule has 0 aliphatic heterocycles. The molecule has 2 heteroatoms. The fraction of sp³-hybridized carbons (Fsp3) is 0.176. The average Bonchev–Trinajstić information content (AvgIpc) is 2.65. The molecule has 0 bridgehead atoms. The predicted octanol–water partition coefficient (Wildman–Crippen LogP) is 3.89. The Morgan fingerprint density at radius 1 is 1.00 bits per heavy atom. The first-order valence-corrected chi connectivity index (χ1v) is 6.55. The van der Waals surface area contributed by atoms with Gasteiger partial charge < -0.3 is 10.3 Å². The molecule has 0 spiro atoms. The van der Waals surface area contributed by atoms with E-state index in [0.717, 1.165) is 12.2 Å². The molecule has 0 saturated carbocycles. The van der Waals surface area contributed by atoms with E-state index < -0.39 is 0 Å². The minimum atomic E-state index is 0.826. The van der Waals surface area contributed by atoms with Gasteiger partial charge in [0.25, 0.3) is 0 Å². The molecule has 0 unspecified atom stereocenters. The third-order valence-electron chi connectivity index (χ3n) is 3.85. The zero-order valence-corrected chi connectivity index (χ0v) is 11.4. The number of hydrogen-bond acceptors (Lipinski definition) is 1. The van der Waals surface area contributed by atoms with Crippen LogP contribution in [-0.2, 0) is 6.54 Å². The Hall–Kier alpha value is -2.22. The Morgan fingerprint density at radius 3 is 2.47 bits per heavy atom. The van der Waals surface area contributed by atoms with Gasteiger partial charge in [-0.05, 0) is 43.2 Å². The van der Waals surface area contributed by atoms with Crippen molar-refractivity contribution in [3.05, 3.63) is 65.4 Å².